The minimum absolute atomic E-state index is 0.219. The van der Waals surface area contributed by atoms with E-state index in [4.69, 9.17) is 9.15 Å². The van der Waals surface area contributed by atoms with Gasteiger partial charge in [0.1, 0.15) is 11.3 Å². The molecule has 2 aliphatic rings. The van der Waals surface area contributed by atoms with Gasteiger partial charge in [-0.3, -0.25) is 5.43 Å². The standard InChI is InChI=1S/C20H30N4O2/c1-25-9-8-24-7-6-15(14-24)11-21-12-17-13-22-23-20(17)19-10-16-4-2-3-5-18(16)26-19/h2-5,10,15,17,20-23H,6-9,11-14H2,1H3. The summed E-state index contributed by atoms with van der Waals surface area (Å²) in [6, 6.07) is 10.6. The maximum absolute atomic E-state index is 6.06. The van der Waals surface area contributed by atoms with Crippen LogP contribution in [0.3, 0.4) is 0 Å². The molecular weight excluding hydrogens is 328 g/mol. The number of furan rings is 1. The Morgan fingerprint density at radius 2 is 2.23 bits per heavy atom. The topological polar surface area (TPSA) is 61.7 Å². The Balaban J connectivity index is 1.27. The first-order chi connectivity index (χ1) is 12.8. The van der Waals surface area contributed by atoms with Crippen LogP contribution in [0.15, 0.2) is 34.7 Å². The summed E-state index contributed by atoms with van der Waals surface area (Å²) in [5, 5.41) is 4.87. The van der Waals surface area contributed by atoms with E-state index in [9.17, 15) is 0 Å². The lowest BCUT2D eigenvalue weighted by Gasteiger charge is -2.19. The number of para-hydroxylation sites is 1. The van der Waals surface area contributed by atoms with Gasteiger partial charge in [0.25, 0.3) is 0 Å². The maximum Gasteiger partial charge on any atom is 0.134 e. The Morgan fingerprint density at radius 1 is 1.31 bits per heavy atom. The number of hydrazine groups is 1. The van der Waals surface area contributed by atoms with Crippen LogP contribution in [-0.2, 0) is 4.74 Å². The van der Waals surface area contributed by atoms with Crippen molar-refractivity contribution in [3.05, 3.63) is 36.1 Å². The van der Waals surface area contributed by atoms with Gasteiger partial charge in [-0.2, -0.15) is 0 Å². The fourth-order valence-corrected chi connectivity index (χ4v) is 4.16. The summed E-state index contributed by atoms with van der Waals surface area (Å²) in [5.74, 6) is 2.26. The largest absolute Gasteiger partial charge is 0.459 e. The van der Waals surface area contributed by atoms with E-state index >= 15 is 0 Å². The average molecular weight is 358 g/mol. The van der Waals surface area contributed by atoms with Crippen molar-refractivity contribution in [3.63, 3.8) is 0 Å². The van der Waals surface area contributed by atoms with Crippen LogP contribution >= 0.6 is 0 Å². The summed E-state index contributed by atoms with van der Waals surface area (Å²) in [7, 11) is 1.78. The highest BCUT2D eigenvalue weighted by molar-refractivity contribution is 5.77. The molecule has 0 saturated carbocycles. The molecule has 0 bridgehead atoms. The summed E-state index contributed by atoms with van der Waals surface area (Å²) >= 11 is 0. The fourth-order valence-electron chi connectivity index (χ4n) is 4.16. The molecule has 26 heavy (non-hydrogen) atoms. The third-order valence-electron chi connectivity index (χ3n) is 5.67. The normalized spacial score (nSPS) is 26.9. The first-order valence-corrected chi connectivity index (χ1v) is 9.72. The van der Waals surface area contributed by atoms with Crippen molar-refractivity contribution in [2.75, 3.05) is 53.0 Å². The second-order valence-electron chi connectivity index (χ2n) is 7.56. The molecule has 0 radical (unpaired) electrons. The van der Waals surface area contributed by atoms with E-state index in [1.165, 1.54) is 24.9 Å². The van der Waals surface area contributed by atoms with E-state index in [1.54, 1.807) is 7.11 Å². The van der Waals surface area contributed by atoms with Crippen LogP contribution in [-0.4, -0.2) is 57.9 Å². The molecule has 6 nitrogen and oxygen atoms in total. The molecule has 3 unspecified atom stereocenters. The summed E-state index contributed by atoms with van der Waals surface area (Å²) < 4.78 is 11.2. The number of benzene rings is 1. The van der Waals surface area contributed by atoms with E-state index < -0.39 is 0 Å². The Kier molecular flexibility index (Phi) is 5.87. The molecule has 3 N–H and O–H groups in total. The molecule has 2 fully saturated rings. The second-order valence-corrected chi connectivity index (χ2v) is 7.56. The predicted octanol–water partition coefficient (Wildman–Crippen LogP) is 1.76. The highest BCUT2D eigenvalue weighted by Gasteiger charge is 2.31. The summed E-state index contributed by atoms with van der Waals surface area (Å²) in [4.78, 5) is 2.51. The number of methoxy groups -OCH3 is 1. The van der Waals surface area contributed by atoms with Gasteiger partial charge in [0, 0.05) is 44.6 Å². The van der Waals surface area contributed by atoms with Gasteiger partial charge in [-0.15, -0.1) is 0 Å². The number of ether oxygens (including phenoxy) is 1. The predicted molar refractivity (Wildman–Crippen MR) is 103 cm³/mol. The van der Waals surface area contributed by atoms with Crippen LogP contribution in [0.1, 0.15) is 18.2 Å². The van der Waals surface area contributed by atoms with Crippen LogP contribution < -0.4 is 16.2 Å². The summed E-state index contributed by atoms with van der Waals surface area (Å²) in [5.41, 5.74) is 7.65. The number of rotatable bonds is 8. The smallest absolute Gasteiger partial charge is 0.134 e. The number of hydrogen-bond donors (Lipinski definition) is 3. The molecule has 0 aliphatic carbocycles. The molecule has 1 aromatic carbocycles. The van der Waals surface area contributed by atoms with E-state index in [-0.39, 0.29) is 6.04 Å². The average Bonchev–Trinajstić information content (AvgIpc) is 3.38. The third-order valence-corrected chi connectivity index (χ3v) is 5.67. The van der Waals surface area contributed by atoms with Crippen LogP contribution in [0.2, 0.25) is 0 Å². The quantitative estimate of drug-likeness (QED) is 0.668. The van der Waals surface area contributed by atoms with Gasteiger partial charge in [-0.05, 0) is 37.6 Å². The van der Waals surface area contributed by atoms with Crippen molar-refractivity contribution in [2.24, 2.45) is 11.8 Å². The molecule has 3 heterocycles. The van der Waals surface area contributed by atoms with Gasteiger partial charge in [0.2, 0.25) is 0 Å². The van der Waals surface area contributed by atoms with Gasteiger partial charge in [-0.25, -0.2) is 5.43 Å². The highest BCUT2D eigenvalue weighted by atomic mass is 16.5. The van der Waals surface area contributed by atoms with Crippen molar-refractivity contribution < 1.29 is 9.15 Å². The van der Waals surface area contributed by atoms with Gasteiger partial charge in [0.15, 0.2) is 0 Å². The zero-order chi connectivity index (χ0) is 17.8. The second kappa shape index (κ2) is 8.50. The molecular formula is C20H30N4O2. The van der Waals surface area contributed by atoms with Crippen LogP contribution in [0, 0.1) is 11.8 Å². The van der Waals surface area contributed by atoms with Gasteiger partial charge >= 0.3 is 0 Å². The van der Waals surface area contributed by atoms with Crippen molar-refractivity contribution in [3.8, 4) is 0 Å². The van der Waals surface area contributed by atoms with Crippen molar-refractivity contribution in [1.82, 2.24) is 21.1 Å². The van der Waals surface area contributed by atoms with E-state index in [0.29, 0.717) is 5.92 Å². The fraction of sp³-hybridized carbons (Fsp3) is 0.600. The SMILES string of the molecule is COCCN1CCC(CNCC2CNNC2c2cc3ccccc3o2)C1. The Labute approximate surface area is 155 Å². The van der Waals surface area contributed by atoms with Gasteiger partial charge in [0.05, 0.1) is 12.6 Å². The molecule has 4 rings (SSSR count). The van der Waals surface area contributed by atoms with Crippen molar-refractivity contribution in [2.45, 2.75) is 12.5 Å². The van der Waals surface area contributed by atoms with E-state index in [0.717, 1.165) is 50.0 Å². The first kappa shape index (κ1) is 17.9. The maximum atomic E-state index is 6.06. The molecule has 2 aliphatic heterocycles. The molecule has 2 saturated heterocycles. The first-order valence-electron chi connectivity index (χ1n) is 9.72. The summed E-state index contributed by atoms with van der Waals surface area (Å²) in [6.45, 7) is 7.31. The zero-order valence-corrected chi connectivity index (χ0v) is 15.5. The van der Waals surface area contributed by atoms with E-state index in [2.05, 4.69) is 39.3 Å². The Hall–Kier alpha value is -1.44. The van der Waals surface area contributed by atoms with Crippen molar-refractivity contribution in [1.29, 1.82) is 0 Å². The monoisotopic (exact) mass is 358 g/mol. The number of nitrogens with zero attached hydrogens (tertiary/aromatic N) is 1. The van der Waals surface area contributed by atoms with Gasteiger partial charge in [-0.1, -0.05) is 18.2 Å². The highest BCUT2D eigenvalue weighted by Crippen LogP contribution is 2.29. The molecule has 2 aromatic rings. The lowest BCUT2D eigenvalue weighted by Crippen LogP contribution is -2.33. The van der Waals surface area contributed by atoms with Gasteiger partial charge < -0.3 is 19.4 Å². The minimum Gasteiger partial charge on any atom is -0.459 e. The Morgan fingerprint density at radius 3 is 3.12 bits per heavy atom. The van der Waals surface area contributed by atoms with E-state index in [1.807, 2.05) is 12.1 Å². The molecule has 142 valence electrons. The van der Waals surface area contributed by atoms with Crippen LogP contribution in [0.5, 0.6) is 0 Å². The molecule has 3 atom stereocenters. The zero-order valence-electron chi connectivity index (χ0n) is 15.5. The molecule has 0 amide bonds. The third kappa shape index (κ3) is 4.10. The summed E-state index contributed by atoms with van der Waals surface area (Å²) in [6.07, 6.45) is 1.28. The Bertz CT molecular complexity index is 671. The molecule has 6 heteroatoms. The lowest BCUT2D eigenvalue weighted by molar-refractivity contribution is 0.159. The lowest BCUT2D eigenvalue weighted by atomic mass is 9.99. The molecule has 1 aromatic heterocycles. The van der Waals surface area contributed by atoms with Crippen LogP contribution in [0.25, 0.3) is 11.0 Å². The minimum atomic E-state index is 0.219. The van der Waals surface area contributed by atoms with Crippen molar-refractivity contribution >= 4 is 11.0 Å². The number of fused-ring (bicyclic) bond motifs is 1. The number of nitrogens with one attached hydrogen (secondary N) is 3. The number of hydrogen-bond acceptors (Lipinski definition) is 6. The van der Waals surface area contributed by atoms with Crippen LogP contribution in [0.4, 0.5) is 0 Å². The molecule has 0 spiro atoms. The number of likely N-dealkylation sites (tertiary alicyclic amines) is 1.